The van der Waals surface area contributed by atoms with Gasteiger partial charge in [0.25, 0.3) is 0 Å². The Balaban J connectivity index is 2.24. The molecule has 0 bridgehead atoms. The summed E-state index contributed by atoms with van der Waals surface area (Å²) >= 11 is 0. The van der Waals surface area contributed by atoms with E-state index in [4.69, 9.17) is 5.73 Å². The molecule has 0 unspecified atom stereocenters. The number of rotatable bonds is 6. The van der Waals surface area contributed by atoms with Gasteiger partial charge in [-0.2, -0.15) is 0 Å². The van der Waals surface area contributed by atoms with E-state index in [1.165, 1.54) is 0 Å². The van der Waals surface area contributed by atoms with Crippen LogP contribution in [0.15, 0.2) is 0 Å². The lowest BCUT2D eigenvalue weighted by Crippen LogP contribution is -2.49. The van der Waals surface area contributed by atoms with Crippen molar-refractivity contribution in [2.75, 3.05) is 19.6 Å². The Bertz CT molecular complexity index is 342. The van der Waals surface area contributed by atoms with Crippen molar-refractivity contribution in [1.29, 1.82) is 0 Å². The van der Waals surface area contributed by atoms with Gasteiger partial charge in [0.15, 0.2) is 0 Å². The Morgan fingerprint density at radius 3 is 2.29 bits per heavy atom. The van der Waals surface area contributed by atoms with E-state index in [9.17, 15) is 9.59 Å². The number of nitrogens with two attached hydrogens (primary N) is 1. The third-order valence-electron chi connectivity index (χ3n) is 3.90. The summed E-state index contributed by atoms with van der Waals surface area (Å²) in [6.07, 6.45) is 5.21. The van der Waals surface area contributed by atoms with Gasteiger partial charge in [0.2, 0.25) is 11.8 Å². The van der Waals surface area contributed by atoms with Crippen molar-refractivity contribution in [3.63, 3.8) is 0 Å². The van der Waals surface area contributed by atoms with Gasteiger partial charge in [-0.1, -0.05) is 27.2 Å². The molecule has 0 saturated carbocycles. The molecule has 1 aliphatic rings. The second kappa shape index (κ2) is 8.37. The van der Waals surface area contributed by atoms with E-state index >= 15 is 0 Å². The number of nitrogens with one attached hydrogen (secondary N) is 1. The van der Waals surface area contributed by atoms with Crippen LogP contribution in [0.4, 0.5) is 0 Å². The third kappa shape index (κ3) is 6.46. The maximum atomic E-state index is 12.2. The lowest BCUT2D eigenvalue weighted by Gasteiger charge is -2.36. The van der Waals surface area contributed by atoms with Crippen molar-refractivity contribution in [2.45, 2.75) is 65.3 Å². The molecule has 0 spiro atoms. The maximum Gasteiger partial charge on any atom is 0.227 e. The summed E-state index contributed by atoms with van der Waals surface area (Å²) in [6, 6.07) is 0.219. The van der Waals surface area contributed by atoms with E-state index < -0.39 is 0 Å². The van der Waals surface area contributed by atoms with Crippen molar-refractivity contribution < 1.29 is 9.59 Å². The average molecular weight is 297 g/mol. The lowest BCUT2D eigenvalue weighted by molar-refractivity contribution is -0.140. The highest BCUT2D eigenvalue weighted by atomic mass is 16.2. The molecule has 0 aromatic heterocycles. The van der Waals surface area contributed by atoms with Gasteiger partial charge < -0.3 is 16.0 Å². The van der Waals surface area contributed by atoms with Crippen LogP contribution in [0.25, 0.3) is 0 Å². The van der Waals surface area contributed by atoms with Crippen LogP contribution in [-0.4, -0.2) is 42.4 Å². The molecule has 1 aliphatic heterocycles. The fraction of sp³-hybridized carbons (Fsp3) is 0.875. The molecule has 0 aromatic rings. The van der Waals surface area contributed by atoms with Crippen LogP contribution in [0.3, 0.4) is 0 Å². The molecule has 0 radical (unpaired) electrons. The molecule has 0 aromatic carbocycles. The van der Waals surface area contributed by atoms with Crippen LogP contribution in [0.1, 0.15) is 59.3 Å². The van der Waals surface area contributed by atoms with E-state index in [1.807, 2.05) is 25.7 Å². The van der Waals surface area contributed by atoms with E-state index in [0.29, 0.717) is 13.0 Å². The molecule has 1 saturated heterocycles. The first-order valence-corrected chi connectivity index (χ1v) is 8.13. The smallest absolute Gasteiger partial charge is 0.227 e. The summed E-state index contributed by atoms with van der Waals surface area (Å²) in [6.45, 7) is 8.03. The van der Waals surface area contributed by atoms with E-state index in [2.05, 4.69) is 5.32 Å². The largest absolute Gasteiger partial charge is 0.353 e. The van der Waals surface area contributed by atoms with Crippen LogP contribution >= 0.6 is 0 Å². The molecule has 122 valence electrons. The number of hydrogen-bond donors (Lipinski definition) is 2. The zero-order valence-electron chi connectivity index (χ0n) is 13.8. The molecule has 1 rings (SSSR count). The standard InChI is InChI=1S/C16H31N3O2/c1-16(2,3)15(21)19-11-8-13(9-12-19)18-14(20)7-5-4-6-10-17/h13H,4-12,17H2,1-3H3,(H,18,20). The Morgan fingerprint density at radius 2 is 1.76 bits per heavy atom. The fourth-order valence-electron chi connectivity index (χ4n) is 2.61. The van der Waals surface area contributed by atoms with Gasteiger partial charge in [0, 0.05) is 31.0 Å². The Kier molecular flexibility index (Phi) is 7.15. The van der Waals surface area contributed by atoms with E-state index in [0.717, 1.165) is 45.2 Å². The summed E-state index contributed by atoms with van der Waals surface area (Å²) in [5.41, 5.74) is 5.11. The molecule has 5 heteroatoms. The quantitative estimate of drug-likeness (QED) is 0.732. The Hall–Kier alpha value is -1.10. The third-order valence-corrected chi connectivity index (χ3v) is 3.90. The molecule has 21 heavy (non-hydrogen) atoms. The first-order chi connectivity index (χ1) is 9.84. The second-order valence-electron chi connectivity index (χ2n) is 6.98. The normalized spacial score (nSPS) is 16.9. The topological polar surface area (TPSA) is 75.4 Å². The molecular formula is C16H31N3O2. The number of amides is 2. The summed E-state index contributed by atoms with van der Waals surface area (Å²) in [5, 5.41) is 3.09. The van der Waals surface area contributed by atoms with Gasteiger partial charge in [-0.3, -0.25) is 9.59 Å². The van der Waals surface area contributed by atoms with Crippen LogP contribution in [-0.2, 0) is 9.59 Å². The summed E-state index contributed by atoms with van der Waals surface area (Å²) in [5.74, 6) is 0.335. The monoisotopic (exact) mass is 297 g/mol. The van der Waals surface area contributed by atoms with Crippen molar-refractivity contribution in [1.82, 2.24) is 10.2 Å². The van der Waals surface area contributed by atoms with Crippen molar-refractivity contribution in [3.05, 3.63) is 0 Å². The molecule has 3 N–H and O–H groups in total. The number of unbranched alkanes of at least 4 members (excludes halogenated alkanes) is 2. The van der Waals surface area contributed by atoms with Crippen LogP contribution in [0.5, 0.6) is 0 Å². The second-order valence-corrected chi connectivity index (χ2v) is 6.98. The highest BCUT2D eigenvalue weighted by Gasteiger charge is 2.30. The number of carbonyl (C=O) groups excluding carboxylic acids is 2. The predicted octanol–water partition coefficient (Wildman–Crippen LogP) is 1.66. The first kappa shape index (κ1) is 18.0. The van der Waals surface area contributed by atoms with Crippen LogP contribution in [0.2, 0.25) is 0 Å². The van der Waals surface area contributed by atoms with Crippen LogP contribution in [0, 0.1) is 5.41 Å². The zero-order valence-corrected chi connectivity index (χ0v) is 13.8. The molecule has 2 amide bonds. The summed E-state index contributed by atoms with van der Waals surface area (Å²) < 4.78 is 0. The van der Waals surface area contributed by atoms with E-state index in [1.54, 1.807) is 0 Å². The Morgan fingerprint density at radius 1 is 1.14 bits per heavy atom. The van der Waals surface area contributed by atoms with Gasteiger partial charge in [0.1, 0.15) is 0 Å². The van der Waals surface area contributed by atoms with Gasteiger partial charge in [-0.15, -0.1) is 0 Å². The number of likely N-dealkylation sites (tertiary alicyclic amines) is 1. The maximum absolute atomic E-state index is 12.2. The van der Waals surface area contributed by atoms with Crippen molar-refractivity contribution in [2.24, 2.45) is 11.1 Å². The predicted molar refractivity (Wildman–Crippen MR) is 84.7 cm³/mol. The molecule has 1 heterocycles. The number of hydrogen-bond acceptors (Lipinski definition) is 3. The minimum absolute atomic E-state index is 0.132. The minimum Gasteiger partial charge on any atom is -0.353 e. The van der Waals surface area contributed by atoms with Crippen LogP contribution < -0.4 is 11.1 Å². The minimum atomic E-state index is -0.320. The van der Waals surface area contributed by atoms with Gasteiger partial charge in [-0.25, -0.2) is 0 Å². The Labute approximate surface area is 128 Å². The first-order valence-electron chi connectivity index (χ1n) is 8.13. The SMILES string of the molecule is CC(C)(C)C(=O)N1CCC(NC(=O)CCCCCN)CC1. The van der Waals surface area contributed by atoms with E-state index in [-0.39, 0.29) is 23.3 Å². The number of nitrogens with zero attached hydrogens (tertiary/aromatic N) is 1. The number of piperidine rings is 1. The highest BCUT2D eigenvalue weighted by Crippen LogP contribution is 2.21. The summed E-state index contributed by atoms with van der Waals surface area (Å²) in [4.78, 5) is 25.9. The molecule has 1 fully saturated rings. The highest BCUT2D eigenvalue weighted by molar-refractivity contribution is 5.81. The zero-order chi connectivity index (χ0) is 15.9. The number of carbonyl (C=O) groups is 2. The molecular weight excluding hydrogens is 266 g/mol. The van der Waals surface area contributed by atoms with Gasteiger partial charge in [0.05, 0.1) is 0 Å². The lowest BCUT2D eigenvalue weighted by atomic mass is 9.93. The average Bonchev–Trinajstić information content (AvgIpc) is 2.43. The summed E-state index contributed by atoms with van der Waals surface area (Å²) in [7, 11) is 0. The van der Waals surface area contributed by atoms with Gasteiger partial charge in [-0.05, 0) is 32.2 Å². The van der Waals surface area contributed by atoms with Crippen molar-refractivity contribution >= 4 is 11.8 Å². The molecule has 0 aliphatic carbocycles. The van der Waals surface area contributed by atoms with Gasteiger partial charge >= 0.3 is 0 Å². The van der Waals surface area contributed by atoms with Crippen molar-refractivity contribution in [3.8, 4) is 0 Å². The molecule has 0 atom stereocenters. The molecule has 5 nitrogen and oxygen atoms in total. The fourth-order valence-corrected chi connectivity index (χ4v) is 2.61.